The molecule has 6 nitrogen and oxygen atoms in total. The van der Waals surface area contributed by atoms with E-state index >= 15 is 0 Å². The average molecular weight is 288 g/mol. The smallest absolute Gasteiger partial charge is 0.326 e. The van der Waals surface area contributed by atoms with Crippen molar-refractivity contribution in [1.29, 1.82) is 0 Å². The van der Waals surface area contributed by atoms with E-state index in [1.807, 2.05) is 0 Å². The largest absolute Gasteiger partial charge is 0.484 e. The van der Waals surface area contributed by atoms with Crippen molar-refractivity contribution in [2.75, 3.05) is 13.2 Å². The molecule has 0 aliphatic rings. The molecule has 0 saturated heterocycles. The molecule has 0 spiro atoms. The van der Waals surface area contributed by atoms with Crippen LogP contribution in [0.15, 0.2) is 24.3 Å². The Hall–Kier alpha value is -1.79. The Balaban J connectivity index is 2.44. The number of rotatable bonds is 7. The first-order chi connectivity index (χ1) is 9.02. The Morgan fingerprint density at radius 3 is 2.74 bits per heavy atom. The Labute approximate surface area is 114 Å². The van der Waals surface area contributed by atoms with Crippen molar-refractivity contribution >= 4 is 23.5 Å². The molecule has 1 amide bonds. The van der Waals surface area contributed by atoms with Crippen molar-refractivity contribution in [2.45, 2.75) is 12.5 Å². The molecule has 1 unspecified atom stereocenters. The molecular weight excluding hydrogens is 274 g/mol. The SMILES string of the molecule is O=C(COc1cccc(Cl)c1)NC(CCO)C(=O)O. The van der Waals surface area contributed by atoms with E-state index in [2.05, 4.69) is 5.32 Å². The second-order valence-electron chi connectivity index (χ2n) is 3.72. The zero-order valence-corrected chi connectivity index (χ0v) is 10.8. The van der Waals surface area contributed by atoms with Gasteiger partial charge in [-0.3, -0.25) is 4.79 Å². The van der Waals surface area contributed by atoms with Crippen LogP contribution < -0.4 is 10.1 Å². The summed E-state index contributed by atoms with van der Waals surface area (Å²) in [5, 5.41) is 20.2. The van der Waals surface area contributed by atoms with Gasteiger partial charge in [0.1, 0.15) is 11.8 Å². The molecular formula is C12H14ClNO5. The summed E-state index contributed by atoms with van der Waals surface area (Å²) < 4.78 is 5.16. The Morgan fingerprint density at radius 1 is 1.42 bits per heavy atom. The minimum atomic E-state index is -1.20. The Bertz CT molecular complexity index is 452. The van der Waals surface area contributed by atoms with Crippen LogP contribution in [-0.4, -0.2) is 41.3 Å². The molecule has 0 fully saturated rings. The van der Waals surface area contributed by atoms with Crippen molar-refractivity contribution in [3.05, 3.63) is 29.3 Å². The molecule has 0 saturated carbocycles. The van der Waals surface area contributed by atoms with Crippen LogP contribution in [-0.2, 0) is 9.59 Å². The van der Waals surface area contributed by atoms with Crippen molar-refractivity contribution in [2.24, 2.45) is 0 Å². The zero-order valence-electron chi connectivity index (χ0n) is 10.0. The van der Waals surface area contributed by atoms with Gasteiger partial charge in [-0.05, 0) is 18.2 Å². The number of aliphatic carboxylic acids is 1. The molecule has 3 N–H and O–H groups in total. The minimum Gasteiger partial charge on any atom is -0.484 e. The molecule has 1 aromatic carbocycles. The summed E-state index contributed by atoms with van der Waals surface area (Å²) in [6.07, 6.45) is -0.0573. The summed E-state index contributed by atoms with van der Waals surface area (Å²) >= 11 is 5.74. The molecule has 1 aromatic rings. The molecule has 1 rings (SSSR count). The highest BCUT2D eigenvalue weighted by atomic mass is 35.5. The lowest BCUT2D eigenvalue weighted by Gasteiger charge is -2.13. The van der Waals surface area contributed by atoms with E-state index in [0.29, 0.717) is 10.8 Å². The van der Waals surface area contributed by atoms with Gasteiger partial charge in [-0.25, -0.2) is 4.79 Å². The maximum Gasteiger partial charge on any atom is 0.326 e. The quantitative estimate of drug-likeness (QED) is 0.685. The van der Waals surface area contributed by atoms with E-state index in [0.717, 1.165) is 0 Å². The number of carboxylic acid groups (broad SMARTS) is 1. The third kappa shape index (κ3) is 5.58. The molecule has 19 heavy (non-hydrogen) atoms. The minimum absolute atomic E-state index is 0.0573. The monoisotopic (exact) mass is 287 g/mol. The maximum atomic E-state index is 11.5. The van der Waals surface area contributed by atoms with Gasteiger partial charge in [0.05, 0.1) is 0 Å². The van der Waals surface area contributed by atoms with E-state index in [1.165, 1.54) is 6.07 Å². The molecule has 0 radical (unpaired) electrons. The zero-order chi connectivity index (χ0) is 14.3. The third-order valence-corrected chi connectivity index (χ3v) is 2.45. The molecule has 1 atom stereocenters. The molecule has 7 heteroatoms. The van der Waals surface area contributed by atoms with E-state index < -0.39 is 17.9 Å². The molecule has 0 heterocycles. The molecule has 0 aliphatic heterocycles. The highest BCUT2D eigenvalue weighted by Crippen LogP contribution is 2.16. The van der Waals surface area contributed by atoms with Crippen molar-refractivity contribution in [3.63, 3.8) is 0 Å². The average Bonchev–Trinajstić information content (AvgIpc) is 2.36. The number of hydrogen-bond acceptors (Lipinski definition) is 4. The fraction of sp³-hybridized carbons (Fsp3) is 0.333. The first-order valence-corrected chi connectivity index (χ1v) is 5.92. The number of nitrogens with one attached hydrogen (secondary N) is 1. The van der Waals surface area contributed by atoms with E-state index in [9.17, 15) is 9.59 Å². The van der Waals surface area contributed by atoms with Crippen LogP contribution in [0.25, 0.3) is 0 Å². The van der Waals surface area contributed by atoms with Gasteiger partial charge in [0.2, 0.25) is 0 Å². The van der Waals surface area contributed by atoms with Crippen LogP contribution in [0.1, 0.15) is 6.42 Å². The summed E-state index contributed by atoms with van der Waals surface area (Å²) in [6, 6.07) is 5.37. The number of ether oxygens (including phenoxy) is 1. The third-order valence-electron chi connectivity index (χ3n) is 2.22. The lowest BCUT2D eigenvalue weighted by molar-refractivity contribution is -0.142. The number of carboxylic acids is 1. The summed E-state index contributed by atoms with van der Waals surface area (Å²) in [5.74, 6) is -1.37. The van der Waals surface area contributed by atoms with Crippen LogP contribution >= 0.6 is 11.6 Å². The van der Waals surface area contributed by atoms with Crippen LogP contribution in [0.5, 0.6) is 5.75 Å². The summed E-state index contributed by atoms with van der Waals surface area (Å²) in [4.78, 5) is 22.2. The molecule has 0 bridgehead atoms. The number of carbonyl (C=O) groups excluding carboxylic acids is 1. The predicted molar refractivity (Wildman–Crippen MR) is 68.2 cm³/mol. The van der Waals surface area contributed by atoms with E-state index in [4.69, 9.17) is 26.6 Å². The van der Waals surface area contributed by atoms with Crippen LogP contribution in [0, 0.1) is 0 Å². The Morgan fingerprint density at radius 2 is 2.16 bits per heavy atom. The first kappa shape index (κ1) is 15.3. The fourth-order valence-electron chi connectivity index (χ4n) is 1.33. The van der Waals surface area contributed by atoms with Gasteiger partial charge in [0.15, 0.2) is 6.61 Å². The summed E-state index contributed by atoms with van der Waals surface area (Å²) in [6.45, 7) is -0.651. The topological polar surface area (TPSA) is 95.9 Å². The van der Waals surface area contributed by atoms with Crippen LogP contribution in [0.4, 0.5) is 0 Å². The van der Waals surface area contributed by atoms with Gasteiger partial charge in [-0.2, -0.15) is 0 Å². The lowest BCUT2D eigenvalue weighted by Crippen LogP contribution is -2.43. The predicted octanol–water partition coefficient (Wildman–Crippen LogP) is 0.671. The second kappa shape index (κ2) is 7.60. The van der Waals surface area contributed by atoms with Crippen molar-refractivity contribution in [1.82, 2.24) is 5.32 Å². The molecule has 104 valence electrons. The second-order valence-corrected chi connectivity index (χ2v) is 4.15. The number of aliphatic hydroxyl groups excluding tert-OH is 1. The number of benzene rings is 1. The Kier molecular flexibility index (Phi) is 6.11. The standard InChI is InChI=1S/C12H14ClNO5/c13-8-2-1-3-9(6-8)19-7-11(16)14-10(4-5-15)12(17)18/h1-3,6,10,15H,4-5,7H2,(H,14,16)(H,17,18). The summed E-state index contributed by atoms with van der Waals surface area (Å²) in [5.41, 5.74) is 0. The number of amides is 1. The summed E-state index contributed by atoms with van der Waals surface area (Å²) in [7, 11) is 0. The normalized spacial score (nSPS) is 11.7. The van der Waals surface area contributed by atoms with Gasteiger partial charge in [0, 0.05) is 18.1 Å². The highest BCUT2D eigenvalue weighted by Gasteiger charge is 2.19. The van der Waals surface area contributed by atoms with Gasteiger partial charge >= 0.3 is 5.97 Å². The van der Waals surface area contributed by atoms with Gasteiger partial charge in [0.25, 0.3) is 5.91 Å². The number of halogens is 1. The van der Waals surface area contributed by atoms with E-state index in [-0.39, 0.29) is 19.6 Å². The van der Waals surface area contributed by atoms with Crippen LogP contribution in [0.3, 0.4) is 0 Å². The van der Waals surface area contributed by atoms with Crippen molar-refractivity contribution < 1.29 is 24.5 Å². The van der Waals surface area contributed by atoms with Crippen LogP contribution in [0.2, 0.25) is 5.02 Å². The first-order valence-electron chi connectivity index (χ1n) is 5.54. The number of carbonyl (C=O) groups is 2. The molecule has 0 aromatic heterocycles. The number of aliphatic hydroxyl groups is 1. The van der Waals surface area contributed by atoms with E-state index in [1.54, 1.807) is 18.2 Å². The lowest BCUT2D eigenvalue weighted by atomic mass is 10.2. The maximum absolute atomic E-state index is 11.5. The fourth-order valence-corrected chi connectivity index (χ4v) is 1.51. The molecule has 0 aliphatic carbocycles. The van der Waals surface area contributed by atoms with Gasteiger partial charge in [-0.15, -0.1) is 0 Å². The van der Waals surface area contributed by atoms with Gasteiger partial charge in [-0.1, -0.05) is 17.7 Å². The van der Waals surface area contributed by atoms with Gasteiger partial charge < -0.3 is 20.3 Å². The number of hydrogen-bond donors (Lipinski definition) is 3. The highest BCUT2D eigenvalue weighted by molar-refractivity contribution is 6.30. The van der Waals surface area contributed by atoms with Crippen molar-refractivity contribution in [3.8, 4) is 5.75 Å².